The first-order valence-corrected chi connectivity index (χ1v) is 13.2. The predicted molar refractivity (Wildman–Crippen MR) is 132 cm³/mol. The molecule has 206 valence electrons. The monoisotopic (exact) mass is 536 g/mol. The van der Waals surface area contributed by atoms with Crippen molar-refractivity contribution in [1.29, 1.82) is 0 Å². The molecule has 2 aromatic rings. The number of likely N-dealkylation sites (tertiary alicyclic amines) is 1. The van der Waals surface area contributed by atoms with Crippen LogP contribution in [-0.2, 0) is 16.9 Å². The normalized spacial score (nSPS) is 25.8. The van der Waals surface area contributed by atoms with E-state index in [0.717, 1.165) is 25.0 Å². The molecule has 3 atom stereocenters. The number of fused-ring (bicyclic) bond motifs is 1. The number of nitrogens with one attached hydrogen (secondary N) is 1. The van der Waals surface area contributed by atoms with Crippen molar-refractivity contribution in [3.05, 3.63) is 58.7 Å². The van der Waals surface area contributed by atoms with E-state index >= 15 is 0 Å². The SMILES string of the molecule is C[C@@H]1CC(F)(F)c2ncnc(C3CCN(C(=O)[C@H](c4ccc(C(F)(F)F)cc4)[C@@H]4CCC(C)(C)N4)CC3)c21. The van der Waals surface area contributed by atoms with E-state index in [0.29, 0.717) is 42.8 Å². The molecule has 0 saturated carbocycles. The average Bonchev–Trinajstić information content (AvgIpc) is 3.33. The Labute approximate surface area is 219 Å². The number of halogens is 5. The zero-order valence-corrected chi connectivity index (χ0v) is 21.8. The average molecular weight is 537 g/mol. The van der Waals surface area contributed by atoms with Gasteiger partial charge in [0.2, 0.25) is 5.91 Å². The molecular formula is C28H33F5N4O. The van der Waals surface area contributed by atoms with Gasteiger partial charge < -0.3 is 10.2 Å². The molecule has 1 aliphatic carbocycles. The highest BCUT2D eigenvalue weighted by atomic mass is 19.4. The number of carbonyl (C=O) groups is 1. The lowest BCUT2D eigenvalue weighted by Gasteiger charge is -2.36. The van der Waals surface area contributed by atoms with Gasteiger partial charge in [-0.1, -0.05) is 19.1 Å². The van der Waals surface area contributed by atoms with Gasteiger partial charge in [-0.3, -0.25) is 4.79 Å². The summed E-state index contributed by atoms with van der Waals surface area (Å²) in [5.41, 5.74) is 0.669. The number of hydrogen-bond donors (Lipinski definition) is 1. The molecule has 3 heterocycles. The number of alkyl halides is 5. The molecule has 0 radical (unpaired) electrons. The van der Waals surface area contributed by atoms with Gasteiger partial charge in [0.15, 0.2) is 0 Å². The number of amides is 1. The van der Waals surface area contributed by atoms with E-state index in [2.05, 4.69) is 29.1 Å². The van der Waals surface area contributed by atoms with Crippen LogP contribution in [0.15, 0.2) is 30.6 Å². The highest BCUT2D eigenvalue weighted by molar-refractivity contribution is 5.85. The Morgan fingerprint density at radius 2 is 1.74 bits per heavy atom. The number of aromatic nitrogens is 2. The molecule has 3 aliphatic rings. The van der Waals surface area contributed by atoms with Crippen molar-refractivity contribution in [1.82, 2.24) is 20.2 Å². The Morgan fingerprint density at radius 3 is 2.32 bits per heavy atom. The summed E-state index contributed by atoms with van der Waals surface area (Å²) in [5, 5.41) is 3.51. The van der Waals surface area contributed by atoms with Crippen LogP contribution in [-0.4, -0.2) is 45.4 Å². The van der Waals surface area contributed by atoms with Gasteiger partial charge in [0, 0.05) is 42.6 Å². The van der Waals surface area contributed by atoms with E-state index in [1.807, 2.05) is 0 Å². The van der Waals surface area contributed by atoms with E-state index < -0.39 is 23.6 Å². The number of rotatable bonds is 4. The van der Waals surface area contributed by atoms with Crippen molar-refractivity contribution in [3.63, 3.8) is 0 Å². The van der Waals surface area contributed by atoms with Crippen molar-refractivity contribution >= 4 is 5.91 Å². The summed E-state index contributed by atoms with van der Waals surface area (Å²) in [4.78, 5) is 23.9. The molecule has 10 heteroatoms. The third-order valence-electron chi connectivity index (χ3n) is 8.43. The maximum atomic E-state index is 14.4. The number of hydrogen-bond acceptors (Lipinski definition) is 4. The number of carbonyl (C=O) groups excluding carboxylic acids is 1. The van der Waals surface area contributed by atoms with Gasteiger partial charge in [-0.15, -0.1) is 0 Å². The smallest absolute Gasteiger partial charge is 0.342 e. The zero-order valence-electron chi connectivity index (χ0n) is 21.8. The van der Waals surface area contributed by atoms with E-state index in [4.69, 9.17) is 0 Å². The fraction of sp³-hybridized carbons (Fsp3) is 0.607. The van der Waals surface area contributed by atoms with Crippen LogP contribution in [0, 0.1) is 0 Å². The summed E-state index contributed by atoms with van der Waals surface area (Å²) in [6.07, 6.45) is -0.758. The molecule has 1 aromatic carbocycles. The Balaban J connectivity index is 1.35. The fourth-order valence-electron chi connectivity index (χ4n) is 6.50. The van der Waals surface area contributed by atoms with E-state index in [9.17, 15) is 26.7 Å². The summed E-state index contributed by atoms with van der Waals surface area (Å²) in [7, 11) is 0. The molecule has 2 aliphatic heterocycles. The van der Waals surface area contributed by atoms with Crippen molar-refractivity contribution in [2.45, 2.75) is 94.3 Å². The van der Waals surface area contributed by atoms with Crippen LogP contribution in [0.1, 0.15) is 98.7 Å². The summed E-state index contributed by atoms with van der Waals surface area (Å²) in [6, 6.07) is 4.71. The molecule has 1 aromatic heterocycles. The van der Waals surface area contributed by atoms with Crippen molar-refractivity contribution in [2.24, 2.45) is 0 Å². The number of piperidine rings is 1. The van der Waals surface area contributed by atoms with E-state index in [1.54, 1.807) is 11.8 Å². The summed E-state index contributed by atoms with van der Waals surface area (Å²) in [6.45, 7) is 6.74. The highest BCUT2D eigenvalue weighted by Crippen LogP contribution is 2.49. The third-order valence-corrected chi connectivity index (χ3v) is 8.43. The molecule has 1 N–H and O–H groups in total. The van der Waals surface area contributed by atoms with Gasteiger partial charge in [-0.2, -0.15) is 22.0 Å². The van der Waals surface area contributed by atoms with Gasteiger partial charge >= 0.3 is 6.18 Å². The van der Waals surface area contributed by atoms with Crippen LogP contribution in [0.5, 0.6) is 0 Å². The van der Waals surface area contributed by atoms with Crippen molar-refractivity contribution in [3.8, 4) is 0 Å². The Morgan fingerprint density at radius 1 is 1.08 bits per heavy atom. The molecule has 0 unspecified atom stereocenters. The van der Waals surface area contributed by atoms with Crippen LogP contribution < -0.4 is 5.32 Å². The first-order chi connectivity index (χ1) is 17.8. The van der Waals surface area contributed by atoms with Gasteiger partial charge in [0.1, 0.15) is 12.0 Å². The minimum atomic E-state index is -4.45. The molecule has 38 heavy (non-hydrogen) atoms. The third kappa shape index (κ3) is 5.03. The van der Waals surface area contributed by atoms with Crippen LogP contribution in [0.2, 0.25) is 0 Å². The standard InChI is InChI=1S/C28H33F5N4O/c1-16-14-27(29,30)24-21(16)23(34-15-35-24)18-9-12-37(13-10-18)25(38)22(20-8-11-26(2,3)36-20)17-4-6-19(7-5-17)28(31,32)33/h4-7,15-16,18,20,22,36H,8-14H2,1-3H3/t16-,20+,22-/m1/s1. The molecule has 1 amide bonds. The minimum absolute atomic E-state index is 0.0554. The summed E-state index contributed by atoms with van der Waals surface area (Å²) in [5.74, 6) is -4.08. The van der Waals surface area contributed by atoms with Gasteiger partial charge in [0.05, 0.1) is 17.2 Å². The molecule has 2 saturated heterocycles. The second-order valence-corrected chi connectivity index (χ2v) is 11.7. The molecule has 5 nitrogen and oxygen atoms in total. The maximum Gasteiger partial charge on any atom is 0.416 e. The Hall–Kier alpha value is -2.62. The molecule has 2 fully saturated rings. The van der Waals surface area contributed by atoms with Crippen LogP contribution in [0.25, 0.3) is 0 Å². The lowest BCUT2D eigenvalue weighted by atomic mass is 9.85. The zero-order chi connectivity index (χ0) is 27.5. The first-order valence-electron chi connectivity index (χ1n) is 13.2. The minimum Gasteiger partial charge on any atom is -0.342 e. The topological polar surface area (TPSA) is 58.1 Å². The Kier molecular flexibility index (Phi) is 6.77. The Bertz CT molecular complexity index is 1190. The van der Waals surface area contributed by atoms with Crippen molar-refractivity contribution in [2.75, 3.05) is 13.1 Å². The lowest BCUT2D eigenvalue weighted by molar-refractivity contribution is -0.137. The molecule has 0 bridgehead atoms. The second kappa shape index (κ2) is 9.54. The first kappa shape index (κ1) is 27.0. The van der Waals surface area contributed by atoms with Gasteiger partial charge in [-0.05, 0) is 63.1 Å². The van der Waals surface area contributed by atoms with Crippen LogP contribution in [0.4, 0.5) is 22.0 Å². The largest absolute Gasteiger partial charge is 0.416 e. The second-order valence-electron chi connectivity index (χ2n) is 11.7. The summed E-state index contributed by atoms with van der Waals surface area (Å²) >= 11 is 0. The number of nitrogens with zero attached hydrogens (tertiary/aromatic N) is 3. The van der Waals surface area contributed by atoms with Crippen LogP contribution in [0.3, 0.4) is 0 Å². The molecule has 5 rings (SSSR count). The lowest BCUT2D eigenvalue weighted by Crippen LogP contribution is -2.48. The highest BCUT2D eigenvalue weighted by Gasteiger charge is 2.47. The number of benzene rings is 1. The van der Waals surface area contributed by atoms with E-state index in [1.165, 1.54) is 18.5 Å². The molecular weight excluding hydrogens is 503 g/mol. The van der Waals surface area contributed by atoms with Crippen molar-refractivity contribution < 1.29 is 26.7 Å². The fourth-order valence-corrected chi connectivity index (χ4v) is 6.50. The van der Waals surface area contributed by atoms with Gasteiger partial charge in [0.25, 0.3) is 5.92 Å². The van der Waals surface area contributed by atoms with E-state index in [-0.39, 0.29) is 41.4 Å². The van der Waals surface area contributed by atoms with Crippen LogP contribution >= 0.6 is 0 Å². The predicted octanol–water partition coefficient (Wildman–Crippen LogP) is 6.11. The van der Waals surface area contributed by atoms with Gasteiger partial charge in [-0.25, -0.2) is 9.97 Å². The summed E-state index contributed by atoms with van der Waals surface area (Å²) < 4.78 is 68.4. The molecule has 0 spiro atoms. The maximum absolute atomic E-state index is 14.4. The quantitative estimate of drug-likeness (QED) is 0.479.